The van der Waals surface area contributed by atoms with Crippen LogP contribution in [0.4, 0.5) is 0 Å². The quantitative estimate of drug-likeness (QED) is 0.290. The Hall–Kier alpha value is -2.32. The molecule has 1 N–H and O–H groups in total. The van der Waals surface area contributed by atoms with Crippen molar-refractivity contribution in [2.45, 2.75) is 132 Å². The Morgan fingerprint density at radius 1 is 1.06 bits per heavy atom. The number of nitrogens with zero attached hydrogens (tertiary/aromatic N) is 5. The van der Waals surface area contributed by atoms with Crippen LogP contribution in [0.25, 0.3) is 0 Å². The maximum absolute atomic E-state index is 15.2. The number of rotatable bonds is 7. The molecule has 10 heteroatoms. The number of ether oxygens (including phenoxy) is 1. The van der Waals surface area contributed by atoms with Gasteiger partial charge >= 0.3 is 0 Å². The van der Waals surface area contributed by atoms with E-state index in [-0.39, 0.29) is 41.6 Å². The number of carbonyl (C=O) groups is 2. The van der Waals surface area contributed by atoms with E-state index in [1.165, 1.54) is 50.2 Å². The highest BCUT2D eigenvalue weighted by atomic mass is 35.5. The Labute approximate surface area is 304 Å². The van der Waals surface area contributed by atoms with Crippen LogP contribution in [0.1, 0.15) is 100.0 Å². The normalized spacial score (nSPS) is 36.3. The lowest BCUT2D eigenvalue weighted by molar-refractivity contribution is -0.217. The van der Waals surface area contributed by atoms with Gasteiger partial charge in [0, 0.05) is 37.6 Å². The third kappa shape index (κ3) is 6.81. The second kappa shape index (κ2) is 15.7. The van der Waals surface area contributed by atoms with Crippen molar-refractivity contribution >= 4 is 23.3 Å². The summed E-state index contributed by atoms with van der Waals surface area (Å²) in [6.45, 7) is 7.26. The van der Waals surface area contributed by atoms with Gasteiger partial charge in [-0.1, -0.05) is 62.9 Å². The molecular formula is C40H57ClN6O3. The first kappa shape index (κ1) is 36.1. The molecule has 0 bridgehead atoms. The number of piperazine rings is 1. The number of alkyl halides is 1. The van der Waals surface area contributed by atoms with Gasteiger partial charge in [-0.05, 0) is 82.2 Å². The van der Waals surface area contributed by atoms with Crippen LogP contribution in [0.15, 0.2) is 36.9 Å². The molecule has 3 aliphatic heterocycles. The lowest BCUT2D eigenvalue weighted by Crippen LogP contribution is -2.77. The van der Waals surface area contributed by atoms with Gasteiger partial charge in [0.25, 0.3) is 0 Å². The van der Waals surface area contributed by atoms with Gasteiger partial charge in [-0.3, -0.25) is 19.8 Å². The van der Waals surface area contributed by atoms with E-state index in [0.29, 0.717) is 38.3 Å². The molecule has 1 aromatic rings. The Morgan fingerprint density at radius 2 is 1.84 bits per heavy atom. The molecule has 7 unspecified atom stereocenters. The zero-order valence-corrected chi connectivity index (χ0v) is 30.7. The molecule has 5 fully saturated rings. The number of likely N-dealkylation sites (N-methyl/N-ethyl adjacent to an activating group) is 1. The Bertz CT molecular complexity index is 1430. The molecule has 3 heterocycles. The summed E-state index contributed by atoms with van der Waals surface area (Å²) >= 11 is 7.41. The van der Waals surface area contributed by atoms with Crippen molar-refractivity contribution in [3.63, 3.8) is 0 Å². The number of amides is 1. The number of ketones is 1. The van der Waals surface area contributed by atoms with E-state index in [0.717, 1.165) is 57.1 Å². The van der Waals surface area contributed by atoms with Gasteiger partial charge in [0.15, 0.2) is 12.1 Å². The molecule has 3 aliphatic carbocycles. The highest BCUT2D eigenvalue weighted by molar-refractivity contribution is 6.23. The number of likely N-dealkylation sites (tertiary alicyclic amines) is 1. The standard InChI is InChI=1S/C40H57ClN6O3/c1-3-34(48)46-25-24-45(26-30(46)19-22-42)38-33-18-21-40(20-17-28-12-9-10-16-32(28)36(40)41)37(49)35(33)43-39(50-27-31-15-11-23-44(31)2)47(38)29-13-7-5-4-6-8-14-29/h3,9-10,12,16,29-31,33,35-36,38-39,43H,1,4-8,11,13-15,17-21,23-27H2,2H3/t30?,31?,33?,35?,36?,38?,39?,40-/m1/s1. The summed E-state index contributed by atoms with van der Waals surface area (Å²) in [6.07, 6.45) is 15.1. The maximum Gasteiger partial charge on any atom is 0.246 e. The van der Waals surface area contributed by atoms with Gasteiger partial charge in [-0.2, -0.15) is 5.26 Å². The second-order valence-electron chi connectivity index (χ2n) is 16.0. The molecule has 2 saturated carbocycles. The zero-order chi connectivity index (χ0) is 34.8. The molecule has 3 saturated heterocycles. The molecule has 6 aliphatic rings. The van der Waals surface area contributed by atoms with Crippen LogP contribution in [-0.2, 0) is 20.7 Å². The number of carbonyl (C=O) groups excluding carboxylic acids is 2. The second-order valence-corrected chi connectivity index (χ2v) is 16.4. The van der Waals surface area contributed by atoms with Crippen molar-refractivity contribution in [2.24, 2.45) is 11.3 Å². The molecule has 272 valence electrons. The Morgan fingerprint density at radius 3 is 2.58 bits per heavy atom. The molecule has 50 heavy (non-hydrogen) atoms. The molecular weight excluding hydrogens is 648 g/mol. The van der Waals surface area contributed by atoms with Crippen LogP contribution >= 0.6 is 11.6 Å². The summed E-state index contributed by atoms with van der Waals surface area (Å²) in [5.41, 5.74) is 1.75. The highest BCUT2D eigenvalue weighted by Gasteiger charge is 2.60. The molecule has 9 nitrogen and oxygen atoms in total. The molecule has 7 rings (SSSR count). The van der Waals surface area contributed by atoms with Gasteiger partial charge in [0.2, 0.25) is 5.91 Å². The number of nitriles is 1. The molecule has 1 aromatic carbocycles. The zero-order valence-electron chi connectivity index (χ0n) is 30.0. The highest BCUT2D eigenvalue weighted by Crippen LogP contribution is 2.56. The number of nitrogens with one attached hydrogen (secondary N) is 1. The van der Waals surface area contributed by atoms with E-state index in [4.69, 9.17) is 16.3 Å². The SMILES string of the molecule is C=CC(=O)N1CCN(C2C3CC[C@@]4(CCc5ccccc5C4Cl)C(=O)C3NC(OCC3CCCN3C)N2C2CCCCCCC2)CC1CC#N. The minimum absolute atomic E-state index is 0.0398. The summed E-state index contributed by atoms with van der Waals surface area (Å²) in [7, 11) is 2.19. The Balaban J connectivity index is 1.26. The van der Waals surface area contributed by atoms with Crippen molar-refractivity contribution in [1.82, 2.24) is 24.9 Å². The fourth-order valence-corrected chi connectivity index (χ4v) is 11.1. The number of hydrogen-bond acceptors (Lipinski definition) is 8. The van der Waals surface area contributed by atoms with Crippen molar-refractivity contribution in [3.05, 3.63) is 48.0 Å². The fourth-order valence-electron chi connectivity index (χ4n) is 10.6. The van der Waals surface area contributed by atoms with E-state index in [9.17, 15) is 10.1 Å². The van der Waals surface area contributed by atoms with Gasteiger partial charge in [0.05, 0.1) is 48.1 Å². The number of aryl methyl sites for hydroxylation is 1. The smallest absolute Gasteiger partial charge is 0.246 e. The lowest BCUT2D eigenvalue weighted by atomic mass is 9.58. The van der Waals surface area contributed by atoms with Crippen LogP contribution in [0.5, 0.6) is 0 Å². The number of hydrogen-bond donors (Lipinski definition) is 1. The summed E-state index contributed by atoms with van der Waals surface area (Å²) in [5, 5.41) is 13.4. The van der Waals surface area contributed by atoms with E-state index >= 15 is 4.79 Å². The van der Waals surface area contributed by atoms with Gasteiger partial charge < -0.3 is 14.5 Å². The van der Waals surface area contributed by atoms with E-state index in [2.05, 4.69) is 57.9 Å². The average molecular weight is 705 g/mol. The molecule has 1 spiro atoms. The minimum Gasteiger partial charge on any atom is -0.348 e. The predicted molar refractivity (Wildman–Crippen MR) is 195 cm³/mol. The summed E-state index contributed by atoms with van der Waals surface area (Å²) < 4.78 is 7.03. The summed E-state index contributed by atoms with van der Waals surface area (Å²) in [5.74, 6) is 0.163. The van der Waals surface area contributed by atoms with Gasteiger partial charge in [0.1, 0.15) is 0 Å². The molecule has 8 atom stereocenters. The van der Waals surface area contributed by atoms with E-state index in [1.807, 2.05) is 11.0 Å². The summed E-state index contributed by atoms with van der Waals surface area (Å²) in [4.78, 5) is 37.6. The minimum atomic E-state index is -0.619. The Kier molecular flexibility index (Phi) is 11.3. The number of fused-ring (bicyclic) bond motifs is 2. The van der Waals surface area contributed by atoms with E-state index in [1.54, 1.807) is 0 Å². The van der Waals surface area contributed by atoms with Crippen molar-refractivity contribution in [2.75, 3.05) is 39.8 Å². The van der Waals surface area contributed by atoms with Crippen LogP contribution in [0, 0.1) is 22.7 Å². The van der Waals surface area contributed by atoms with Crippen LogP contribution < -0.4 is 5.32 Å². The van der Waals surface area contributed by atoms with Crippen LogP contribution in [-0.4, -0.2) is 108 Å². The average Bonchev–Trinajstić information content (AvgIpc) is 3.54. The van der Waals surface area contributed by atoms with Crippen molar-refractivity contribution < 1.29 is 14.3 Å². The lowest BCUT2D eigenvalue weighted by Gasteiger charge is -2.60. The predicted octanol–water partition coefficient (Wildman–Crippen LogP) is 5.60. The number of halogens is 1. The van der Waals surface area contributed by atoms with Gasteiger partial charge in [-0.25, -0.2) is 4.90 Å². The van der Waals surface area contributed by atoms with Crippen molar-refractivity contribution in [3.8, 4) is 6.07 Å². The fraction of sp³-hybridized carbons (Fsp3) is 0.725. The van der Waals surface area contributed by atoms with Crippen LogP contribution in [0.2, 0.25) is 0 Å². The topological polar surface area (TPSA) is 92.2 Å². The van der Waals surface area contributed by atoms with Crippen LogP contribution in [0.3, 0.4) is 0 Å². The number of benzene rings is 1. The first-order chi connectivity index (χ1) is 24.4. The van der Waals surface area contributed by atoms with E-state index < -0.39 is 17.8 Å². The van der Waals surface area contributed by atoms with Crippen molar-refractivity contribution in [1.29, 1.82) is 5.26 Å². The molecule has 0 radical (unpaired) electrons. The number of Topliss-reactive ketones (excluding diaryl/α,β-unsaturated/α-hetero) is 1. The largest absolute Gasteiger partial charge is 0.348 e. The molecule has 0 aromatic heterocycles. The van der Waals surface area contributed by atoms with Gasteiger partial charge in [-0.15, -0.1) is 11.6 Å². The first-order valence-electron chi connectivity index (χ1n) is 19.5. The monoisotopic (exact) mass is 704 g/mol. The molecule has 1 amide bonds. The third-order valence-electron chi connectivity index (χ3n) is 13.3. The third-order valence-corrected chi connectivity index (χ3v) is 14.0. The first-order valence-corrected chi connectivity index (χ1v) is 20.0. The summed E-state index contributed by atoms with van der Waals surface area (Å²) in [6, 6.07) is 10.8. The maximum atomic E-state index is 15.2.